The molecule has 0 bridgehead atoms. The van der Waals surface area contributed by atoms with Gasteiger partial charge in [-0.15, -0.1) is 0 Å². The first-order chi connectivity index (χ1) is 11.1. The molecule has 1 fully saturated rings. The second-order valence-corrected chi connectivity index (χ2v) is 6.26. The summed E-state index contributed by atoms with van der Waals surface area (Å²) in [6.45, 7) is 1.41. The highest BCUT2D eigenvalue weighted by Crippen LogP contribution is 2.36. The number of likely N-dealkylation sites (tertiary alicyclic amines) is 1. The highest BCUT2D eigenvalue weighted by molar-refractivity contribution is 5.94. The molecule has 2 heterocycles. The topological polar surface area (TPSA) is 77.9 Å². The number of aliphatic carboxylic acids is 1. The predicted molar refractivity (Wildman–Crippen MR) is 84.4 cm³/mol. The molecule has 2 aliphatic rings. The highest BCUT2D eigenvalue weighted by Gasteiger charge is 2.43. The van der Waals surface area contributed by atoms with Crippen molar-refractivity contribution in [3.8, 4) is 0 Å². The van der Waals surface area contributed by atoms with Crippen LogP contribution in [0.5, 0.6) is 0 Å². The summed E-state index contributed by atoms with van der Waals surface area (Å²) in [6.07, 6.45) is 2.17. The van der Waals surface area contributed by atoms with E-state index in [1.54, 1.807) is 9.80 Å². The van der Waals surface area contributed by atoms with Gasteiger partial charge in [-0.05, 0) is 30.9 Å². The second-order valence-electron chi connectivity index (χ2n) is 6.26. The molecule has 0 radical (unpaired) electrons. The van der Waals surface area contributed by atoms with Crippen LogP contribution in [0.3, 0.4) is 0 Å². The number of carboxylic acids is 1. The van der Waals surface area contributed by atoms with Crippen molar-refractivity contribution >= 4 is 24.0 Å². The van der Waals surface area contributed by atoms with Gasteiger partial charge in [0, 0.05) is 31.7 Å². The van der Waals surface area contributed by atoms with Gasteiger partial charge in [0.1, 0.15) is 6.29 Å². The molecule has 1 aromatic carbocycles. The lowest BCUT2D eigenvalue weighted by molar-refractivity contribution is -0.153. The maximum Gasteiger partial charge on any atom is 0.324 e. The van der Waals surface area contributed by atoms with Crippen LogP contribution in [-0.4, -0.2) is 47.9 Å². The molecule has 1 saturated heterocycles. The summed E-state index contributed by atoms with van der Waals surface area (Å²) in [5, 5.41) is 9.41. The summed E-state index contributed by atoms with van der Waals surface area (Å²) in [7, 11) is 0. The molecule has 0 aliphatic carbocycles. The van der Waals surface area contributed by atoms with Gasteiger partial charge in [0.05, 0.1) is 5.41 Å². The van der Waals surface area contributed by atoms with Crippen LogP contribution in [0.25, 0.3) is 0 Å². The number of fused-ring (bicyclic) bond motifs is 1. The molecular formula is C17H20N2O4. The van der Waals surface area contributed by atoms with Gasteiger partial charge in [-0.2, -0.15) is 0 Å². The monoisotopic (exact) mass is 316 g/mol. The first-order valence-corrected chi connectivity index (χ1v) is 7.89. The van der Waals surface area contributed by atoms with Gasteiger partial charge in [0.25, 0.3) is 0 Å². The lowest BCUT2D eigenvalue weighted by atomic mass is 9.76. The van der Waals surface area contributed by atoms with E-state index in [9.17, 15) is 19.5 Å². The average Bonchev–Trinajstić information content (AvgIpc) is 2.99. The van der Waals surface area contributed by atoms with E-state index >= 15 is 0 Å². The molecule has 3 rings (SSSR count). The van der Waals surface area contributed by atoms with Crippen LogP contribution in [0, 0.1) is 5.41 Å². The van der Waals surface area contributed by atoms with Crippen molar-refractivity contribution in [1.82, 2.24) is 4.90 Å². The van der Waals surface area contributed by atoms with Crippen molar-refractivity contribution in [3.05, 3.63) is 29.8 Å². The molecule has 0 aromatic heterocycles. The smallest absolute Gasteiger partial charge is 0.324 e. The Balaban J connectivity index is 1.70. The third-order valence-electron chi connectivity index (χ3n) is 5.04. The molecule has 23 heavy (non-hydrogen) atoms. The molecule has 1 N–H and O–H groups in total. The van der Waals surface area contributed by atoms with Crippen LogP contribution >= 0.6 is 0 Å². The second kappa shape index (κ2) is 6.02. The number of piperidine rings is 1. The molecule has 122 valence electrons. The number of para-hydroxylation sites is 1. The molecule has 6 nitrogen and oxygen atoms in total. The number of rotatable bonds is 3. The summed E-state index contributed by atoms with van der Waals surface area (Å²) in [5.74, 6) is -0.941. The zero-order chi connectivity index (χ0) is 16.4. The quantitative estimate of drug-likeness (QED) is 0.864. The maximum atomic E-state index is 12.7. The predicted octanol–water partition coefficient (Wildman–Crippen LogP) is 1.92. The fraction of sp³-hybridized carbons (Fsp3) is 0.471. The first-order valence-electron chi connectivity index (χ1n) is 7.89. The standard InChI is InChI=1S/C17H20N2O4/c20-12-8-17(15(21)22)6-10-18(11-7-17)16(23)19-9-5-13-3-1-2-4-14(13)19/h1-4,12H,5-11H2,(H,21,22). The zero-order valence-electron chi connectivity index (χ0n) is 12.9. The Hall–Kier alpha value is -2.37. The summed E-state index contributed by atoms with van der Waals surface area (Å²) >= 11 is 0. The lowest BCUT2D eigenvalue weighted by Crippen LogP contribution is -2.50. The third kappa shape index (κ3) is 2.69. The Kier molecular flexibility index (Phi) is 4.07. The van der Waals surface area contributed by atoms with E-state index in [-0.39, 0.29) is 12.5 Å². The lowest BCUT2D eigenvalue weighted by Gasteiger charge is -2.39. The summed E-state index contributed by atoms with van der Waals surface area (Å²) in [5.41, 5.74) is 1.10. The average molecular weight is 316 g/mol. The number of benzene rings is 1. The molecule has 0 atom stereocenters. The highest BCUT2D eigenvalue weighted by atomic mass is 16.4. The van der Waals surface area contributed by atoms with Crippen LogP contribution in [-0.2, 0) is 16.0 Å². The van der Waals surface area contributed by atoms with E-state index < -0.39 is 11.4 Å². The van der Waals surface area contributed by atoms with Gasteiger partial charge in [-0.1, -0.05) is 18.2 Å². The number of carboxylic acid groups (broad SMARTS) is 1. The fourth-order valence-electron chi connectivity index (χ4n) is 3.50. The Morgan fingerprint density at radius 3 is 2.52 bits per heavy atom. The molecule has 1 aromatic rings. The van der Waals surface area contributed by atoms with Crippen LogP contribution in [0.4, 0.5) is 10.5 Å². The number of hydrogen-bond acceptors (Lipinski definition) is 3. The van der Waals surface area contributed by atoms with Crippen LogP contribution in [0.15, 0.2) is 24.3 Å². The maximum absolute atomic E-state index is 12.7. The van der Waals surface area contributed by atoms with Crippen molar-refractivity contribution in [2.24, 2.45) is 5.41 Å². The number of amides is 2. The number of carbonyl (C=O) groups excluding carboxylic acids is 2. The van der Waals surface area contributed by atoms with Crippen molar-refractivity contribution in [1.29, 1.82) is 0 Å². The van der Waals surface area contributed by atoms with Gasteiger partial charge in [-0.25, -0.2) is 4.79 Å². The summed E-state index contributed by atoms with van der Waals surface area (Å²) in [6, 6.07) is 7.78. The molecule has 6 heteroatoms. The minimum atomic E-state index is -1.01. The van der Waals surface area contributed by atoms with Gasteiger partial charge in [0.15, 0.2) is 0 Å². The summed E-state index contributed by atoms with van der Waals surface area (Å²) < 4.78 is 0. The normalized spacial score (nSPS) is 19.3. The number of aldehydes is 1. The van der Waals surface area contributed by atoms with Gasteiger partial charge >= 0.3 is 12.0 Å². The van der Waals surface area contributed by atoms with Crippen LogP contribution in [0.2, 0.25) is 0 Å². The van der Waals surface area contributed by atoms with Crippen molar-refractivity contribution in [2.45, 2.75) is 25.7 Å². The Bertz CT molecular complexity index is 635. The zero-order valence-corrected chi connectivity index (χ0v) is 12.9. The molecule has 0 saturated carbocycles. The Morgan fingerprint density at radius 2 is 1.87 bits per heavy atom. The SMILES string of the molecule is O=CCC1(C(=O)O)CCN(C(=O)N2CCc3ccccc32)CC1. The van der Waals surface area contributed by atoms with E-state index in [0.717, 1.165) is 12.1 Å². The van der Waals surface area contributed by atoms with E-state index in [1.165, 1.54) is 5.56 Å². The largest absolute Gasteiger partial charge is 0.481 e. The van der Waals surface area contributed by atoms with Crippen LogP contribution in [0.1, 0.15) is 24.8 Å². The van der Waals surface area contributed by atoms with E-state index in [2.05, 4.69) is 0 Å². The van der Waals surface area contributed by atoms with Crippen molar-refractivity contribution < 1.29 is 19.5 Å². The minimum Gasteiger partial charge on any atom is -0.481 e. The number of carbonyl (C=O) groups is 3. The van der Waals surface area contributed by atoms with Gasteiger partial charge in [-0.3, -0.25) is 9.69 Å². The van der Waals surface area contributed by atoms with Gasteiger partial charge < -0.3 is 14.8 Å². The minimum absolute atomic E-state index is 0.0108. The molecule has 2 amide bonds. The number of hydrogen-bond donors (Lipinski definition) is 1. The van der Waals surface area contributed by atoms with Crippen molar-refractivity contribution in [3.63, 3.8) is 0 Å². The Labute approximate surface area is 134 Å². The fourth-order valence-corrected chi connectivity index (χ4v) is 3.50. The third-order valence-corrected chi connectivity index (χ3v) is 5.04. The Morgan fingerprint density at radius 1 is 1.17 bits per heavy atom. The molecule has 0 spiro atoms. The number of nitrogens with zero attached hydrogens (tertiary/aromatic N) is 2. The van der Waals surface area contributed by atoms with E-state index in [0.29, 0.717) is 38.8 Å². The van der Waals surface area contributed by atoms with Crippen LogP contribution < -0.4 is 4.90 Å². The van der Waals surface area contributed by atoms with E-state index in [4.69, 9.17) is 0 Å². The van der Waals surface area contributed by atoms with Crippen molar-refractivity contribution in [2.75, 3.05) is 24.5 Å². The molecule has 0 unspecified atom stereocenters. The number of urea groups is 1. The number of anilines is 1. The molecular weight excluding hydrogens is 296 g/mol. The molecule has 2 aliphatic heterocycles. The summed E-state index contributed by atoms with van der Waals surface area (Å²) in [4.78, 5) is 38.5. The first kappa shape index (κ1) is 15.5. The van der Waals surface area contributed by atoms with E-state index in [1.807, 2.05) is 24.3 Å². The van der Waals surface area contributed by atoms with Gasteiger partial charge in [0.2, 0.25) is 0 Å².